The second-order valence-electron chi connectivity index (χ2n) is 6.18. The average molecular weight is 265 g/mol. The molecule has 1 aromatic carbocycles. The molecule has 3 atom stereocenters. The van der Waals surface area contributed by atoms with Crippen LogP contribution in [0.15, 0.2) is 18.2 Å². The molecule has 0 spiro atoms. The lowest BCUT2D eigenvalue weighted by Gasteiger charge is -2.43. The van der Waals surface area contributed by atoms with Crippen LogP contribution in [0.1, 0.15) is 49.8 Å². The standard InChI is InChI=1S/C16H24FNO/c1-11-4-3-7-16(9-11,10-18)15(19)13-6-5-12(2)14(17)8-13/h5-6,8,11,15,19H,3-4,7,9-10,18H2,1-2H3. The van der Waals surface area contributed by atoms with Crippen molar-refractivity contribution in [3.8, 4) is 0 Å². The third-order valence-corrected chi connectivity index (χ3v) is 4.62. The zero-order valence-electron chi connectivity index (χ0n) is 11.8. The Morgan fingerprint density at radius 2 is 2.26 bits per heavy atom. The van der Waals surface area contributed by atoms with Gasteiger partial charge in [0.25, 0.3) is 0 Å². The second kappa shape index (κ2) is 5.59. The third-order valence-electron chi connectivity index (χ3n) is 4.62. The van der Waals surface area contributed by atoms with Gasteiger partial charge in [0.05, 0.1) is 6.10 Å². The minimum atomic E-state index is -0.671. The summed E-state index contributed by atoms with van der Waals surface area (Å²) in [6, 6.07) is 5.00. The molecule has 0 heterocycles. The number of hydrogen-bond acceptors (Lipinski definition) is 2. The molecule has 0 aliphatic heterocycles. The van der Waals surface area contributed by atoms with Crippen molar-refractivity contribution in [2.75, 3.05) is 6.54 Å². The average Bonchev–Trinajstić information content (AvgIpc) is 2.41. The highest BCUT2D eigenvalue weighted by atomic mass is 19.1. The van der Waals surface area contributed by atoms with E-state index in [1.54, 1.807) is 13.0 Å². The lowest BCUT2D eigenvalue weighted by atomic mass is 9.65. The molecule has 2 nitrogen and oxygen atoms in total. The molecule has 1 fully saturated rings. The maximum Gasteiger partial charge on any atom is 0.126 e. The lowest BCUT2D eigenvalue weighted by Crippen LogP contribution is -2.40. The minimum Gasteiger partial charge on any atom is -0.388 e. The Balaban J connectivity index is 2.29. The first kappa shape index (κ1) is 14.5. The summed E-state index contributed by atoms with van der Waals surface area (Å²) < 4.78 is 13.7. The van der Waals surface area contributed by atoms with Crippen LogP contribution >= 0.6 is 0 Å². The number of hydrogen-bond donors (Lipinski definition) is 2. The first-order valence-electron chi connectivity index (χ1n) is 7.13. The van der Waals surface area contributed by atoms with Crippen LogP contribution in [0.25, 0.3) is 0 Å². The first-order valence-corrected chi connectivity index (χ1v) is 7.13. The summed E-state index contributed by atoms with van der Waals surface area (Å²) in [5.74, 6) is 0.315. The van der Waals surface area contributed by atoms with Crippen molar-refractivity contribution in [1.82, 2.24) is 0 Å². The van der Waals surface area contributed by atoms with E-state index in [0.29, 0.717) is 23.6 Å². The number of aryl methyl sites for hydroxylation is 1. The van der Waals surface area contributed by atoms with E-state index in [2.05, 4.69) is 6.92 Å². The molecule has 3 N–H and O–H groups in total. The minimum absolute atomic E-state index is 0.257. The van der Waals surface area contributed by atoms with Crippen molar-refractivity contribution in [3.05, 3.63) is 35.1 Å². The van der Waals surface area contributed by atoms with E-state index in [4.69, 9.17) is 5.73 Å². The Kier molecular flexibility index (Phi) is 4.26. The van der Waals surface area contributed by atoms with E-state index < -0.39 is 6.10 Å². The Labute approximate surface area is 114 Å². The number of aliphatic hydroxyl groups excluding tert-OH is 1. The van der Waals surface area contributed by atoms with Crippen molar-refractivity contribution in [2.24, 2.45) is 17.1 Å². The normalized spacial score (nSPS) is 29.2. The summed E-state index contributed by atoms with van der Waals surface area (Å²) in [6.07, 6.45) is 3.45. The van der Waals surface area contributed by atoms with Crippen LogP contribution in [0.3, 0.4) is 0 Å². The number of aliphatic hydroxyl groups is 1. The fraction of sp³-hybridized carbons (Fsp3) is 0.625. The van der Waals surface area contributed by atoms with Gasteiger partial charge in [-0.15, -0.1) is 0 Å². The van der Waals surface area contributed by atoms with Crippen LogP contribution in [0.5, 0.6) is 0 Å². The number of halogens is 1. The first-order chi connectivity index (χ1) is 8.98. The van der Waals surface area contributed by atoms with E-state index >= 15 is 0 Å². The van der Waals surface area contributed by atoms with Gasteiger partial charge in [-0.2, -0.15) is 0 Å². The van der Waals surface area contributed by atoms with E-state index in [0.717, 1.165) is 19.3 Å². The van der Waals surface area contributed by atoms with E-state index in [-0.39, 0.29) is 11.2 Å². The monoisotopic (exact) mass is 265 g/mol. The summed E-state index contributed by atoms with van der Waals surface area (Å²) in [7, 11) is 0. The molecule has 0 amide bonds. The Bertz CT molecular complexity index is 448. The largest absolute Gasteiger partial charge is 0.388 e. The molecule has 106 valence electrons. The Morgan fingerprint density at radius 3 is 2.84 bits per heavy atom. The topological polar surface area (TPSA) is 46.2 Å². The molecule has 0 bridgehead atoms. The highest BCUT2D eigenvalue weighted by molar-refractivity contribution is 5.26. The molecule has 0 radical (unpaired) electrons. The highest BCUT2D eigenvalue weighted by Gasteiger charge is 2.40. The second-order valence-corrected chi connectivity index (χ2v) is 6.18. The van der Waals surface area contributed by atoms with Gasteiger partial charge in [-0.3, -0.25) is 0 Å². The van der Waals surface area contributed by atoms with Crippen molar-refractivity contribution in [1.29, 1.82) is 0 Å². The van der Waals surface area contributed by atoms with Crippen molar-refractivity contribution < 1.29 is 9.50 Å². The van der Waals surface area contributed by atoms with Gasteiger partial charge in [-0.05, 0) is 42.9 Å². The zero-order chi connectivity index (χ0) is 14.0. The molecule has 3 unspecified atom stereocenters. The predicted octanol–water partition coefficient (Wildman–Crippen LogP) is 3.32. The van der Waals surface area contributed by atoms with Gasteiger partial charge in [0, 0.05) is 12.0 Å². The van der Waals surface area contributed by atoms with E-state index in [1.165, 1.54) is 12.5 Å². The van der Waals surface area contributed by atoms with Crippen LogP contribution in [-0.2, 0) is 0 Å². The summed E-state index contributed by atoms with van der Waals surface area (Å²) >= 11 is 0. The maximum atomic E-state index is 13.7. The SMILES string of the molecule is Cc1ccc(C(O)C2(CN)CCCC(C)C2)cc1F. The van der Waals surface area contributed by atoms with Crippen LogP contribution in [0.2, 0.25) is 0 Å². The zero-order valence-corrected chi connectivity index (χ0v) is 11.8. The molecule has 2 rings (SSSR count). The summed E-state index contributed by atoms with van der Waals surface area (Å²) in [5.41, 5.74) is 6.92. The van der Waals surface area contributed by atoms with Gasteiger partial charge < -0.3 is 10.8 Å². The van der Waals surface area contributed by atoms with Crippen molar-refractivity contribution >= 4 is 0 Å². The number of nitrogens with two attached hydrogens (primary N) is 1. The number of benzene rings is 1. The maximum absolute atomic E-state index is 13.7. The van der Waals surface area contributed by atoms with Crippen LogP contribution in [0, 0.1) is 24.1 Å². The van der Waals surface area contributed by atoms with Gasteiger partial charge in [0.15, 0.2) is 0 Å². The molecule has 3 heteroatoms. The molecular formula is C16H24FNO. The van der Waals surface area contributed by atoms with Gasteiger partial charge >= 0.3 is 0 Å². The van der Waals surface area contributed by atoms with Gasteiger partial charge in [-0.1, -0.05) is 31.9 Å². The summed E-state index contributed by atoms with van der Waals surface area (Å²) in [5, 5.41) is 10.7. The molecule has 0 saturated heterocycles. The van der Waals surface area contributed by atoms with Crippen LogP contribution < -0.4 is 5.73 Å². The van der Waals surface area contributed by atoms with E-state index in [1.807, 2.05) is 6.07 Å². The smallest absolute Gasteiger partial charge is 0.126 e. The fourth-order valence-corrected chi connectivity index (χ4v) is 3.38. The quantitative estimate of drug-likeness (QED) is 0.880. The highest BCUT2D eigenvalue weighted by Crippen LogP contribution is 2.47. The molecule has 1 aliphatic carbocycles. The summed E-state index contributed by atoms with van der Waals surface area (Å²) in [4.78, 5) is 0. The van der Waals surface area contributed by atoms with Crippen molar-refractivity contribution in [2.45, 2.75) is 45.6 Å². The van der Waals surface area contributed by atoms with Gasteiger partial charge in [0.1, 0.15) is 5.82 Å². The Hall–Kier alpha value is -0.930. The van der Waals surface area contributed by atoms with Gasteiger partial charge in [0.2, 0.25) is 0 Å². The molecule has 1 aliphatic rings. The lowest BCUT2D eigenvalue weighted by molar-refractivity contribution is -0.0132. The van der Waals surface area contributed by atoms with Crippen LogP contribution in [0.4, 0.5) is 4.39 Å². The third kappa shape index (κ3) is 2.82. The van der Waals surface area contributed by atoms with Crippen LogP contribution in [-0.4, -0.2) is 11.7 Å². The molecular weight excluding hydrogens is 241 g/mol. The van der Waals surface area contributed by atoms with Crippen molar-refractivity contribution in [3.63, 3.8) is 0 Å². The summed E-state index contributed by atoms with van der Waals surface area (Å²) in [6.45, 7) is 4.38. The number of rotatable bonds is 3. The fourth-order valence-electron chi connectivity index (χ4n) is 3.38. The molecule has 1 aromatic rings. The van der Waals surface area contributed by atoms with E-state index in [9.17, 15) is 9.50 Å². The molecule has 1 saturated carbocycles. The van der Waals surface area contributed by atoms with Gasteiger partial charge in [-0.25, -0.2) is 4.39 Å². The molecule has 19 heavy (non-hydrogen) atoms. The Morgan fingerprint density at radius 1 is 1.53 bits per heavy atom. The predicted molar refractivity (Wildman–Crippen MR) is 75.2 cm³/mol. The molecule has 0 aromatic heterocycles.